The maximum Gasteiger partial charge on any atom is 0.257 e. The van der Waals surface area contributed by atoms with Gasteiger partial charge in [-0.1, -0.05) is 53.7 Å². The Morgan fingerprint density at radius 1 is 1.08 bits per heavy atom. The Morgan fingerprint density at radius 3 is 2.54 bits per heavy atom. The molecule has 1 aromatic heterocycles. The number of nitrogens with zero attached hydrogens (tertiary/aromatic N) is 2. The first-order valence-electron chi connectivity index (χ1n) is 8.02. The zero-order valence-corrected chi connectivity index (χ0v) is 13.1. The lowest BCUT2D eigenvalue weighted by Crippen LogP contribution is -2.25. The number of carbonyl (C=O) groups excluding carboxylic acids is 1. The second-order valence-electron chi connectivity index (χ2n) is 5.96. The van der Waals surface area contributed by atoms with Crippen molar-refractivity contribution in [1.29, 1.82) is 0 Å². The number of benzene rings is 2. The van der Waals surface area contributed by atoms with E-state index in [9.17, 15) is 4.79 Å². The van der Waals surface area contributed by atoms with Gasteiger partial charge in [-0.3, -0.25) is 4.79 Å². The van der Waals surface area contributed by atoms with E-state index in [-0.39, 0.29) is 18.4 Å². The molecular formula is C19H17N3O2. The Balaban J connectivity index is 1.33. The standard InChI is InChI=1S/C19H17N3O2/c23-18(16-11-15(16)13-7-3-1-4-8-13)20-12-17-21-19(24-22-17)14-9-5-2-6-10-14/h1-10,15-16H,11-12H2,(H,20,23)/t15-,16-/m0/s1. The van der Waals surface area contributed by atoms with E-state index in [0.717, 1.165) is 12.0 Å². The second-order valence-corrected chi connectivity index (χ2v) is 5.96. The van der Waals surface area contributed by atoms with Crippen LogP contribution in [0.15, 0.2) is 65.2 Å². The molecule has 1 N–H and O–H groups in total. The lowest BCUT2D eigenvalue weighted by Gasteiger charge is -2.02. The molecule has 2 atom stereocenters. The molecule has 5 nitrogen and oxygen atoms in total. The van der Waals surface area contributed by atoms with E-state index in [1.807, 2.05) is 48.5 Å². The number of nitrogens with one attached hydrogen (secondary N) is 1. The van der Waals surface area contributed by atoms with Gasteiger partial charge in [-0.05, 0) is 30.0 Å². The summed E-state index contributed by atoms with van der Waals surface area (Å²) in [6, 6.07) is 19.7. The van der Waals surface area contributed by atoms with Gasteiger partial charge >= 0.3 is 0 Å². The van der Waals surface area contributed by atoms with Crippen LogP contribution in [0.5, 0.6) is 0 Å². The molecule has 0 bridgehead atoms. The maximum absolute atomic E-state index is 12.2. The van der Waals surface area contributed by atoms with Gasteiger partial charge in [0.1, 0.15) is 0 Å². The minimum atomic E-state index is 0.0490. The fourth-order valence-corrected chi connectivity index (χ4v) is 2.87. The molecule has 1 heterocycles. The van der Waals surface area contributed by atoms with Crippen LogP contribution in [-0.4, -0.2) is 16.0 Å². The molecule has 3 aromatic rings. The molecule has 120 valence electrons. The molecule has 0 unspecified atom stereocenters. The van der Waals surface area contributed by atoms with Crippen molar-refractivity contribution in [3.8, 4) is 11.5 Å². The highest BCUT2D eigenvalue weighted by Crippen LogP contribution is 2.47. The van der Waals surface area contributed by atoms with Crippen LogP contribution in [0, 0.1) is 5.92 Å². The lowest BCUT2D eigenvalue weighted by molar-refractivity contribution is -0.122. The van der Waals surface area contributed by atoms with Crippen molar-refractivity contribution in [3.05, 3.63) is 72.1 Å². The van der Waals surface area contributed by atoms with Gasteiger partial charge in [0.15, 0.2) is 5.82 Å². The Morgan fingerprint density at radius 2 is 1.79 bits per heavy atom. The van der Waals surface area contributed by atoms with Crippen LogP contribution in [-0.2, 0) is 11.3 Å². The monoisotopic (exact) mass is 319 g/mol. The molecule has 2 aromatic carbocycles. The Kier molecular flexibility index (Phi) is 3.83. The summed E-state index contributed by atoms with van der Waals surface area (Å²) in [6.07, 6.45) is 0.900. The lowest BCUT2D eigenvalue weighted by atomic mass is 10.1. The zero-order valence-electron chi connectivity index (χ0n) is 13.1. The molecular weight excluding hydrogens is 302 g/mol. The van der Waals surface area contributed by atoms with E-state index in [1.54, 1.807) is 0 Å². The molecule has 0 radical (unpaired) electrons. The van der Waals surface area contributed by atoms with Gasteiger partial charge in [0.25, 0.3) is 5.89 Å². The highest BCUT2D eigenvalue weighted by Gasteiger charge is 2.43. The van der Waals surface area contributed by atoms with Crippen molar-refractivity contribution in [1.82, 2.24) is 15.5 Å². The first kappa shape index (κ1) is 14.6. The number of hydrogen-bond acceptors (Lipinski definition) is 4. The third kappa shape index (κ3) is 3.06. The summed E-state index contributed by atoms with van der Waals surface area (Å²) < 4.78 is 5.24. The minimum Gasteiger partial charge on any atom is -0.348 e. The summed E-state index contributed by atoms with van der Waals surface area (Å²) in [5.41, 5.74) is 2.09. The molecule has 1 saturated carbocycles. The van der Waals surface area contributed by atoms with Gasteiger partial charge in [-0.15, -0.1) is 0 Å². The largest absolute Gasteiger partial charge is 0.348 e. The number of rotatable bonds is 5. The summed E-state index contributed by atoms with van der Waals surface area (Å²) in [6.45, 7) is 0.285. The van der Waals surface area contributed by atoms with Gasteiger partial charge in [0.2, 0.25) is 5.91 Å². The quantitative estimate of drug-likeness (QED) is 0.784. The smallest absolute Gasteiger partial charge is 0.257 e. The Bertz CT molecular complexity index is 830. The van der Waals surface area contributed by atoms with E-state index in [2.05, 4.69) is 27.6 Å². The van der Waals surface area contributed by atoms with Crippen molar-refractivity contribution >= 4 is 5.91 Å². The number of aromatic nitrogens is 2. The van der Waals surface area contributed by atoms with Gasteiger partial charge in [-0.2, -0.15) is 4.98 Å². The van der Waals surface area contributed by atoms with Crippen molar-refractivity contribution in [2.24, 2.45) is 5.92 Å². The second kappa shape index (κ2) is 6.28. The van der Waals surface area contributed by atoms with Gasteiger partial charge in [0.05, 0.1) is 6.54 Å². The number of amides is 1. The summed E-state index contributed by atoms with van der Waals surface area (Å²) >= 11 is 0. The molecule has 1 amide bonds. The van der Waals surface area contributed by atoms with Crippen molar-refractivity contribution in [2.75, 3.05) is 0 Å². The summed E-state index contributed by atoms with van der Waals surface area (Å²) in [5, 5.41) is 6.82. The van der Waals surface area contributed by atoms with E-state index < -0.39 is 0 Å². The number of hydrogen-bond donors (Lipinski definition) is 1. The predicted molar refractivity (Wildman–Crippen MR) is 88.9 cm³/mol. The Hall–Kier alpha value is -2.95. The summed E-state index contributed by atoms with van der Waals surface area (Å²) in [4.78, 5) is 16.6. The van der Waals surface area contributed by atoms with E-state index >= 15 is 0 Å². The molecule has 24 heavy (non-hydrogen) atoms. The van der Waals surface area contributed by atoms with Crippen molar-refractivity contribution in [3.63, 3.8) is 0 Å². The highest BCUT2D eigenvalue weighted by molar-refractivity contribution is 5.82. The highest BCUT2D eigenvalue weighted by atomic mass is 16.5. The molecule has 0 spiro atoms. The molecule has 5 heteroatoms. The van der Waals surface area contributed by atoms with Crippen LogP contribution in [0.3, 0.4) is 0 Å². The molecule has 4 rings (SSSR count). The normalized spacial score (nSPS) is 19.0. The van der Waals surface area contributed by atoms with Crippen LogP contribution >= 0.6 is 0 Å². The van der Waals surface area contributed by atoms with Gasteiger partial charge in [-0.25, -0.2) is 0 Å². The first-order valence-corrected chi connectivity index (χ1v) is 8.02. The first-order chi connectivity index (χ1) is 11.8. The molecule has 1 aliphatic rings. The van der Waals surface area contributed by atoms with Crippen LogP contribution in [0.4, 0.5) is 0 Å². The van der Waals surface area contributed by atoms with E-state index in [0.29, 0.717) is 17.6 Å². The third-order valence-corrected chi connectivity index (χ3v) is 4.26. The van der Waals surface area contributed by atoms with Crippen molar-refractivity contribution in [2.45, 2.75) is 18.9 Å². The minimum absolute atomic E-state index is 0.0490. The summed E-state index contributed by atoms with van der Waals surface area (Å²) in [7, 11) is 0. The van der Waals surface area contributed by atoms with Crippen molar-refractivity contribution < 1.29 is 9.32 Å². The number of carbonyl (C=O) groups is 1. The average Bonchev–Trinajstić information content (AvgIpc) is 3.31. The van der Waals surface area contributed by atoms with Crippen LogP contribution in [0.25, 0.3) is 11.5 Å². The summed E-state index contributed by atoms with van der Waals surface area (Å²) in [5.74, 6) is 1.38. The third-order valence-electron chi connectivity index (χ3n) is 4.26. The Labute approximate surface area is 139 Å². The molecule has 0 saturated heterocycles. The SMILES string of the molecule is O=C(NCc1noc(-c2ccccc2)n1)[C@H]1C[C@H]1c1ccccc1. The van der Waals surface area contributed by atoms with E-state index in [4.69, 9.17) is 4.52 Å². The van der Waals surface area contributed by atoms with Gasteiger partial charge in [0, 0.05) is 11.5 Å². The molecule has 0 aliphatic heterocycles. The maximum atomic E-state index is 12.2. The van der Waals surface area contributed by atoms with Gasteiger partial charge < -0.3 is 9.84 Å². The zero-order chi connectivity index (χ0) is 16.4. The molecule has 1 fully saturated rings. The fourth-order valence-electron chi connectivity index (χ4n) is 2.87. The topological polar surface area (TPSA) is 68.0 Å². The van der Waals surface area contributed by atoms with Crippen LogP contribution < -0.4 is 5.32 Å². The van der Waals surface area contributed by atoms with E-state index in [1.165, 1.54) is 5.56 Å². The van der Waals surface area contributed by atoms with Crippen LogP contribution in [0.1, 0.15) is 23.7 Å². The fraction of sp³-hybridized carbons (Fsp3) is 0.211. The van der Waals surface area contributed by atoms with Crippen LogP contribution in [0.2, 0.25) is 0 Å². The molecule has 1 aliphatic carbocycles. The predicted octanol–water partition coefficient (Wildman–Crippen LogP) is 3.16. The average molecular weight is 319 g/mol.